The summed E-state index contributed by atoms with van der Waals surface area (Å²) >= 11 is 0. The summed E-state index contributed by atoms with van der Waals surface area (Å²) in [6.07, 6.45) is -0.798. The number of nitrogens with zero attached hydrogens (tertiary/aromatic N) is 1. The zero-order chi connectivity index (χ0) is 14.6. The van der Waals surface area contributed by atoms with Gasteiger partial charge in [-0.1, -0.05) is 0 Å². The summed E-state index contributed by atoms with van der Waals surface area (Å²) in [6, 6.07) is 5.62. The first-order chi connectivity index (χ1) is 8.74. The summed E-state index contributed by atoms with van der Waals surface area (Å²) in [5.74, 6) is -0.548. The second-order valence-electron chi connectivity index (χ2n) is 4.93. The van der Waals surface area contributed by atoms with Gasteiger partial charge in [-0.2, -0.15) is 0 Å². The van der Waals surface area contributed by atoms with Crippen LogP contribution in [0.25, 0.3) is 0 Å². The first kappa shape index (κ1) is 15.0. The quantitative estimate of drug-likeness (QED) is 0.848. The zero-order valence-corrected chi connectivity index (χ0v) is 11.2. The molecule has 6 heteroatoms. The summed E-state index contributed by atoms with van der Waals surface area (Å²) in [6.45, 7) is 4.78. The number of nitrogens with two attached hydrogens (primary N) is 1. The van der Waals surface area contributed by atoms with E-state index in [1.165, 1.54) is 24.3 Å². The van der Waals surface area contributed by atoms with Crippen LogP contribution in [0.1, 0.15) is 20.8 Å². The van der Waals surface area contributed by atoms with Crippen LogP contribution < -0.4 is 10.6 Å². The topological polar surface area (TPSA) is 92.9 Å². The predicted octanol–water partition coefficient (Wildman–Crippen LogP) is 1.62. The lowest BCUT2D eigenvalue weighted by molar-refractivity contribution is -0.117. The summed E-state index contributed by atoms with van der Waals surface area (Å²) in [4.78, 5) is 24.6. The van der Waals surface area contributed by atoms with Crippen molar-refractivity contribution >= 4 is 17.7 Å². The number of benzene rings is 1. The molecule has 0 unspecified atom stereocenters. The lowest BCUT2D eigenvalue weighted by Gasteiger charge is -2.25. The van der Waals surface area contributed by atoms with E-state index in [2.05, 4.69) is 0 Å². The van der Waals surface area contributed by atoms with Crippen LogP contribution in [0.4, 0.5) is 10.5 Å². The lowest BCUT2D eigenvalue weighted by Crippen LogP contribution is -2.43. The van der Waals surface area contributed by atoms with E-state index >= 15 is 0 Å². The van der Waals surface area contributed by atoms with Gasteiger partial charge in [0.2, 0.25) is 5.91 Å². The average molecular weight is 266 g/mol. The number of imide groups is 1. The van der Waals surface area contributed by atoms with Gasteiger partial charge in [0.1, 0.15) is 11.4 Å². The van der Waals surface area contributed by atoms with E-state index in [0.29, 0.717) is 5.69 Å². The van der Waals surface area contributed by atoms with Crippen LogP contribution in [-0.2, 0) is 9.53 Å². The Hall–Kier alpha value is -2.08. The zero-order valence-electron chi connectivity index (χ0n) is 11.2. The second-order valence-corrected chi connectivity index (χ2v) is 4.93. The molecule has 0 saturated heterocycles. The number of aromatic hydroxyl groups is 1. The minimum atomic E-state index is -0.798. The molecule has 3 N–H and O–H groups in total. The van der Waals surface area contributed by atoms with Crippen molar-refractivity contribution in [3.8, 4) is 5.75 Å². The second kappa shape index (κ2) is 5.71. The maximum absolute atomic E-state index is 12.0. The Morgan fingerprint density at radius 1 is 1.26 bits per heavy atom. The minimum absolute atomic E-state index is 0.0353. The van der Waals surface area contributed by atoms with Crippen LogP contribution >= 0.6 is 0 Å². The van der Waals surface area contributed by atoms with Gasteiger partial charge in [0.15, 0.2) is 0 Å². The number of carbonyl (C=O) groups is 2. The lowest BCUT2D eigenvalue weighted by atomic mass is 10.2. The van der Waals surface area contributed by atoms with E-state index in [1.54, 1.807) is 20.8 Å². The van der Waals surface area contributed by atoms with E-state index in [-0.39, 0.29) is 12.3 Å². The third-order valence-corrected chi connectivity index (χ3v) is 2.11. The summed E-state index contributed by atoms with van der Waals surface area (Å²) in [5.41, 5.74) is 4.87. The van der Waals surface area contributed by atoms with E-state index in [0.717, 1.165) is 4.90 Å². The van der Waals surface area contributed by atoms with Crippen LogP contribution in [0.3, 0.4) is 0 Å². The van der Waals surface area contributed by atoms with Gasteiger partial charge in [-0.25, -0.2) is 9.69 Å². The number of anilines is 1. The number of carbonyl (C=O) groups excluding carboxylic acids is 2. The van der Waals surface area contributed by atoms with Crippen molar-refractivity contribution < 1.29 is 19.4 Å². The van der Waals surface area contributed by atoms with Gasteiger partial charge in [0.25, 0.3) is 0 Å². The van der Waals surface area contributed by atoms with Gasteiger partial charge in [0.05, 0.1) is 12.2 Å². The van der Waals surface area contributed by atoms with Gasteiger partial charge >= 0.3 is 6.09 Å². The molecular weight excluding hydrogens is 248 g/mol. The normalized spacial score (nSPS) is 10.9. The molecule has 0 aliphatic rings. The van der Waals surface area contributed by atoms with Crippen molar-refractivity contribution in [1.82, 2.24) is 0 Å². The molecule has 0 atom stereocenters. The number of rotatable bonds is 2. The highest BCUT2D eigenvalue weighted by molar-refractivity contribution is 6.13. The monoisotopic (exact) mass is 266 g/mol. The molecule has 19 heavy (non-hydrogen) atoms. The molecule has 0 aliphatic heterocycles. The highest BCUT2D eigenvalue weighted by Crippen LogP contribution is 2.21. The molecule has 1 aromatic rings. The van der Waals surface area contributed by atoms with Crippen molar-refractivity contribution in [2.45, 2.75) is 26.4 Å². The Labute approximate surface area is 111 Å². The Balaban J connectivity index is 3.05. The van der Waals surface area contributed by atoms with Crippen molar-refractivity contribution in [1.29, 1.82) is 0 Å². The molecule has 1 aromatic carbocycles. The first-order valence-electron chi connectivity index (χ1n) is 5.79. The standard InChI is InChI=1S/C13H18N2O4/c1-13(2,3)19-12(18)15(11(17)8-14)9-4-6-10(16)7-5-9/h4-7,16H,8,14H2,1-3H3. The van der Waals surface area contributed by atoms with E-state index < -0.39 is 17.6 Å². The van der Waals surface area contributed by atoms with Crippen molar-refractivity contribution in [2.75, 3.05) is 11.4 Å². The maximum atomic E-state index is 12.0. The molecule has 104 valence electrons. The molecule has 0 aromatic heterocycles. The molecule has 2 amide bonds. The first-order valence-corrected chi connectivity index (χ1v) is 5.79. The van der Waals surface area contributed by atoms with Gasteiger partial charge in [0, 0.05) is 0 Å². The number of hydrogen-bond donors (Lipinski definition) is 2. The van der Waals surface area contributed by atoms with Crippen LogP contribution in [0.15, 0.2) is 24.3 Å². The van der Waals surface area contributed by atoms with Crippen LogP contribution in [0, 0.1) is 0 Å². The molecule has 0 radical (unpaired) electrons. The van der Waals surface area contributed by atoms with Crippen molar-refractivity contribution in [3.63, 3.8) is 0 Å². The summed E-state index contributed by atoms with van der Waals surface area (Å²) in [5, 5.41) is 9.21. The Morgan fingerprint density at radius 2 is 1.79 bits per heavy atom. The number of amides is 2. The number of phenolic OH excluding ortho intramolecular Hbond substituents is 1. The van der Waals surface area contributed by atoms with Gasteiger partial charge in [-0.15, -0.1) is 0 Å². The number of phenols is 1. The smallest absolute Gasteiger partial charge is 0.421 e. The van der Waals surface area contributed by atoms with Gasteiger partial charge < -0.3 is 15.6 Å². The molecule has 0 bridgehead atoms. The summed E-state index contributed by atoms with van der Waals surface area (Å²) in [7, 11) is 0. The highest BCUT2D eigenvalue weighted by atomic mass is 16.6. The van der Waals surface area contributed by atoms with Gasteiger partial charge in [-0.3, -0.25) is 4.79 Å². The van der Waals surface area contributed by atoms with E-state index in [9.17, 15) is 14.7 Å². The Morgan fingerprint density at radius 3 is 2.21 bits per heavy atom. The largest absolute Gasteiger partial charge is 0.508 e. The summed E-state index contributed by atoms with van der Waals surface area (Å²) < 4.78 is 5.16. The Bertz CT molecular complexity index is 463. The fourth-order valence-corrected chi connectivity index (χ4v) is 1.35. The fourth-order valence-electron chi connectivity index (χ4n) is 1.35. The predicted molar refractivity (Wildman–Crippen MR) is 70.9 cm³/mol. The van der Waals surface area contributed by atoms with Crippen LogP contribution in [0.2, 0.25) is 0 Å². The highest BCUT2D eigenvalue weighted by Gasteiger charge is 2.27. The molecule has 0 aliphatic carbocycles. The van der Waals surface area contributed by atoms with Crippen LogP contribution in [-0.4, -0.2) is 29.3 Å². The van der Waals surface area contributed by atoms with E-state index in [1.807, 2.05) is 0 Å². The number of ether oxygens (including phenoxy) is 1. The Kier molecular flexibility index (Phi) is 4.50. The third kappa shape index (κ3) is 4.26. The number of hydrogen-bond acceptors (Lipinski definition) is 5. The van der Waals surface area contributed by atoms with Crippen molar-refractivity contribution in [3.05, 3.63) is 24.3 Å². The molecule has 0 fully saturated rings. The fraction of sp³-hybridized carbons (Fsp3) is 0.385. The third-order valence-electron chi connectivity index (χ3n) is 2.11. The molecule has 0 spiro atoms. The van der Waals surface area contributed by atoms with Gasteiger partial charge in [-0.05, 0) is 45.0 Å². The molecule has 6 nitrogen and oxygen atoms in total. The molecule has 1 rings (SSSR count). The average Bonchev–Trinajstić information content (AvgIpc) is 2.29. The van der Waals surface area contributed by atoms with Crippen molar-refractivity contribution in [2.24, 2.45) is 5.73 Å². The maximum Gasteiger partial charge on any atom is 0.421 e. The minimum Gasteiger partial charge on any atom is -0.508 e. The van der Waals surface area contributed by atoms with Crippen LogP contribution in [0.5, 0.6) is 5.75 Å². The van der Waals surface area contributed by atoms with E-state index in [4.69, 9.17) is 10.5 Å². The molecule has 0 heterocycles. The SMILES string of the molecule is CC(C)(C)OC(=O)N(C(=O)CN)c1ccc(O)cc1. The molecular formula is C13H18N2O4. The molecule has 0 saturated carbocycles.